The van der Waals surface area contributed by atoms with Crippen LogP contribution in [0.5, 0.6) is 0 Å². The first-order chi connectivity index (χ1) is 11.6. The van der Waals surface area contributed by atoms with Crippen LogP contribution in [0.15, 0.2) is 65.3 Å². The van der Waals surface area contributed by atoms with Gasteiger partial charge in [-0.15, -0.1) is 12.4 Å². The Kier molecular flexibility index (Phi) is 6.33. The topological polar surface area (TPSA) is 59.5 Å². The van der Waals surface area contributed by atoms with Gasteiger partial charge in [0, 0.05) is 36.2 Å². The second kappa shape index (κ2) is 8.46. The number of halogens is 1. The normalized spacial score (nSPS) is 11.1. The molecule has 0 aliphatic rings. The molecular formula is C19H19ClN2O3. The summed E-state index contributed by atoms with van der Waals surface area (Å²) in [5, 5.41) is 11.9. The molecule has 0 spiro atoms. The van der Waals surface area contributed by atoms with Crippen LogP contribution >= 0.6 is 12.4 Å². The summed E-state index contributed by atoms with van der Waals surface area (Å²) in [5.74, 6) is 0. The van der Waals surface area contributed by atoms with E-state index in [0.29, 0.717) is 0 Å². The van der Waals surface area contributed by atoms with Gasteiger partial charge >= 0.3 is 0 Å². The fourth-order valence-electron chi connectivity index (χ4n) is 2.65. The van der Waals surface area contributed by atoms with E-state index in [0.717, 1.165) is 35.2 Å². The van der Waals surface area contributed by atoms with E-state index in [-0.39, 0.29) is 23.0 Å². The first kappa shape index (κ1) is 18.7. The number of benzene rings is 2. The minimum Gasteiger partial charge on any atom is -0.464 e. The molecule has 1 aromatic heterocycles. The number of nitro benzene ring substituents is 1. The van der Waals surface area contributed by atoms with Crippen LogP contribution in [-0.2, 0) is 6.54 Å². The second-order valence-corrected chi connectivity index (χ2v) is 5.71. The van der Waals surface area contributed by atoms with E-state index >= 15 is 0 Å². The lowest BCUT2D eigenvalue weighted by atomic mass is 10.1. The molecule has 130 valence electrons. The summed E-state index contributed by atoms with van der Waals surface area (Å²) in [6.07, 6.45) is 5.61. The summed E-state index contributed by atoms with van der Waals surface area (Å²) < 4.78 is 5.55. The largest absolute Gasteiger partial charge is 0.464 e. The van der Waals surface area contributed by atoms with Crippen LogP contribution in [0, 0.1) is 10.1 Å². The van der Waals surface area contributed by atoms with Crippen molar-refractivity contribution < 1.29 is 9.34 Å². The van der Waals surface area contributed by atoms with Crippen molar-refractivity contribution in [3.8, 4) is 0 Å². The Hall–Kier alpha value is -2.63. The predicted molar refractivity (Wildman–Crippen MR) is 102 cm³/mol. The standard InChI is InChI=1S/C19H18N2O3.ClH/c1-20(14-17-8-3-7-16-10-12-24-19(16)17)11-4-6-15-5-2-9-18(13-15)21(22)23;/h2-10,12-13H,11,14H2,1H3;1H/b6-4+;. The second-order valence-electron chi connectivity index (χ2n) is 5.71. The molecule has 25 heavy (non-hydrogen) atoms. The molecule has 0 unspecified atom stereocenters. The Labute approximate surface area is 152 Å². The molecule has 5 nitrogen and oxygen atoms in total. The van der Waals surface area contributed by atoms with Gasteiger partial charge < -0.3 is 4.42 Å². The molecule has 0 fully saturated rings. The summed E-state index contributed by atoms with van der Waals surface area (Å²) in [6, 6.07) is 14.7. The first-order valence-electron chi connectivity index (χ1n) is 7.68. The number of rotatable bonds is 6. The van der Waals surface area contributed by atoms with Gasteiger partial charge in [-0.1, -0.05) is 42.5 Å². The molecule has 0 saturated carbocycles. The molecule has 0 amide bonds. The van der Waals surface area contributed by atoms with Gasteiger partial charge in [0.15, 0.2) is 0 Å². The predicted octanol–water partition coefficient (Wildman–Crippen LogP) is 4.91. The maximum absolute atomic E-state index is 10.8. The molecule has 0 atom stereocenters. The maximum atomic E-state index is 10.8. The third-order valence-corrected chi connectivity index (χ3v) is 3.81. The van der Waals surface area contributed by atoms with Crippen LogP contribution < -0.4 is 0 Å². The molecule has 0 bridgehead atoms. The Balaban J connectivity index is 0.00000225. The van der Waals surface area contributed by atoms with Crippen LogP contribution in [0.4, 0.5) is 5.69 Å². The summed E-state index contributed by atoms with van der Waals surface area (Å²) in [6.45, 7) is 1.50. The summed E-state index contributed by atoms with van der Waals surface area (Å²) in [7, 11) is 2.03. The zero-order valence-corrected chi connectivity index (χ0v) is 14.6. The number of para-hydroxylation sites is 1. The van der Waals surface area contributed by atoms with Crippen molar-refractivity contribution in [2.45, 2.75) is 6.54 Å². The minimum absolute atomic E-state index is 0. The maximum Gasteiger partial charge on any atom is 0.270 e. The zero-order valence-electron chi connectivity index (χ0n) is 13.8. The lowest BCUT2D eigenvalue weighted by Crippen LogP contribution is -2.17. The van der Waals surface area contributed by atoms with Crippen molar-refractivity contribution in [3.05, 3.63) is 82.1 Å². The van der Waals surface area contributed by atoms with E-state index in [4.69, 9.17) is 4.42 Å². The highest BCUT2D eigenvalue weighted by Gasteiger charge is 2.06. The van der Waals surface area contributed by atoms with Crippen molar-refractivity contribution in [1.29, 1.82) is 0 Å². The highest BCUT2D eigenvalue weighted by molar-refractivity contribution is 5.85. The number of hydrogen-bond donors (Lipinski definition) is 0. The summed E-state index contributed by atoms with van der Waals surface area (Å²) in [4.78, 5) is 12.6. The van der Waals surface area contributed by atoms with Gasteiger partial charge in [0.2, 0.25) is 0 Å². The van der Waals surface area contributed by atoms with E-state index in [9.17, 15) is 10.1 Å². The van der Waals surface area contributed by atoms with Crippen molar-refractivity contribution >= 4 is 35.1 Å². The third-order valence-electron chi connectivity index (χ3n) is 3.81. The Morgan fingerprint density at radius 3 is 2.80 bits per heavy atom. The first-order valence-corrected chi connectivity index (χ1v) is 7.68. The van der Waals surface area contributed by atoms with Gasteiger partial charge in [-0.25, -0.2) is 0 Å². The number of furan rings is 1. The van der Waals surface area contributed by atoms with Gasteiger partial charge in [0.05, 0.1) is 11.2 Å². The van der Waals surface area contributed by atoms with Crippen LogP contribution in [0.2, 0.25) is 0 Å². The SMILES string of the molecule is CN(C/C=C/c1cccc([N+](=O)[O-])c1)Cc1cccc2ccoc12.Cl. The summed E-state index contributed by atoms with van der Waals surface area (Å²) in [5.41, 5.74) is 3.00. The van der Waals surface area contributed by atoms with Gasteiger partial charge in [0.25, 0.3) is 5.69 Å². The highest BCUT2D eigenvalue weighted by Crippen LogP contribution is 2.21. The molecule has 0 aliphatic heterocycles. The van der Waals surface area contributed by atoms with E-state index in [1.807, 2.05) is 43.5 Å². The van der Waals surface area contributed by atoms with Crippen molar-refractivity contribution in [2.75, 3.05) is 13.6 Å². The third kappa shape index (κ3) is 4.68. The minimum atomic E-state index is -0.381. The van der Waals surface area contributed by atoms with Gasteiger partial charge in [0.1, 0.15) is 5.58 Å². The van der Waals surface area contributed by atoms with E-state index in [2.05, 4.69) is 11.0 Å². The van der Waals surface area contributed by atoms with Crippen LogP contribution in [0.1, 0.15) is 11.1 Å². The number of likely N-dealkylation sites (N-methyl/N-ethyl adjacent to an activating group) is 1. The number of nitro groups is 1. The smallest absolute Gasteiger partial charge is 0.270 e. The zero-order chi connectivity index (χ0) is 16.9. The Morgan fingerprint density at radius 2 is 2.00 bits per heavy atom. The molecule has 0 aliphatic carbocycles. The molecule has 3 rings (SSSR count). The summed E-state index contributed by atoms with van der Waals surface area (Å²) >= 11 is 0. The van der Waals surface area contributed by atoms with Crippen LogP contribution in [0.3, 0.4) is 0 Å². The lowest BCUT2D eigenvalue weighted by molar-refractivity contribution is -0.384. The molecule has 0 radical (unpaired) electrons. The van der Waals surface area contributed by atoms with Gasteiger partial charge in [-0.05, 0) is 18.7 Å². The Bertz CT molecular complexity index is 889. The van der Waals surface area contributed by atoms with E-state index < -0.39 is 0 Å². The highest BCUT2D eigenvalue weighted by atomic mass is 35.5. The number of fused-ring (bicyclic) bond motifs is 1. The van der Waals surface area contributed by atoms with Crippen LogP contribution in [-0.4, -0.2) is 23.4 Å². The van der Waals surface area contributed by atoms with Crippen LogP contribution in [0.25, 0.3) is 17.0 Å². The molecule has 0 saturated heterocycles. The molecule has 2 aromatic carbocycles. The Morgan fingerprint density at radius 1 is 1.20 bits per heavy atom. The molecular weight excluding hydrogens is 340 g/mol. The van der Waals surface area contributed by atoms with Crippen molar-refractivity contribution in [3.63, 3.8) is 0 Å². The monoisotopic (exact) mass is 358 g/mol. The van der Waals surface area contributed by atoms with Crippen molar-refractivity contribution in [2.24, 2.45) is 0 Å². The molecule has 1 heterocycles. The van der Waals surface area contributed by atoms with Gasteiger partial charge in [-0.3, -0.25) is 15.0 Å². The molecule has 0 N–H and O–H groups in total. The van der Waals surface area contributed by atoms with Gasteiger partial charge in [-0.2, -0.15) is 0 Å². The fourth-order valence-corrected chi connectivity index (χ4v) is 2.65. The molecule has 3 aromatic rings. The number of nitrogens with zero attached hydrogens (tertiary/aromatic N) is 2. The molecule has 6 heteroatoms. The lowest BCUT2D eigenvalue weighted by Gasteiger charge is -2.14. The average Bonchev–Trinajstić information content (AvgIpc) is 3.05. The van der Waals surface area contributed by atoms with Crippen molar-refractivity contribution in [1.82, 2.24) is 4.90 Å². The average molecular weight is 359 g/mol. The van der Waals surface area contributed by atoms with E-state index in [1.165, 1.54) is 6.07 Å². The van der Waals surface area contributed by atoms with E-state index in [1.54, 1.807) is 18.4 Å². The number of non-ortho nitro benzene ring substituents is 1. The number of hydrogen-bond acceptors (Lipinski definition) is 4. The quantitative estimate of drug-likeness (QED) is 0.464. The fraction of sp³-hybridized carbons (Fsp3) is 0.158.